The van der Waals surface area contributed by atoms with Gasteiger partial charge in [0.05, 0.1) is 37.2 Å². The van der Waals surface area contributed by atoms with E-state index in [2.05, 4.69) is 4.74 Å². The number of nitrogens with zero attached hydrogens (tertiary/aromatic N) is 1. The van der Waals surface area contributed by atoms with Crippen LogP contribution in [0.5, 0.6) is 0 Å². The van der Waals surface area contributed by atoms with Crippen molar-refractivity contribution in [2.24, 2.45) is 0 Å². The van der Waals surface area contributed by atoms with Gasteiger partial charge in [-0.25, -0.2) is 14.0 Å². The van der Waals surface area contributed by atoms with Crippen LogP contribution in [0.2, 0.25) is 0 Å². The van der Waals surface area contributed by atoms with Crippen LogP contribution in [-0.2, 0) is 30.4 Å². The van der Waals surface area contributed by atoms with Crippen LogP contribution in [0, 0.1) is 5.82 Å². The third kappa shape index (κ3) is 4.82. The summed E-state index contributed by atoms with van der Waals surface area (Å²) in [7, 11) is 2.74. The lowest BCUT2D eigenvalue weighted by molar-refractivity contribution is -0.134. The average molecular weight is 454 g/mol. The first-order valence-electron chi connectivity index (χ1n) is 9.05. The molecule has 7 nitrogen and oxygen atoms in total. The highest BCUT2D eigenvalue weighted by Gasteiger charge is 2.27. The SMILES string of the molecule is COCc1c(C(=O)OCCCN2C(=O)CS/C2=C\C(=O)OC)sc2cccc(F)c12. The minimum Gasteiger partial charge on any atom is -0.466 e. The van der Waals surface area contributed by atoms with Gasteiger partial charge in [0.1, 0.15) is 10.7 Å². The van der Waals surface area contributed by atoms with Gasteiger partial charge in [0.2, 0.25) is 5.91 Å². The first-order chi connectivity index (χ1) is 14.5. The van der Waals surface area contributed by atoms with Crippen molar-refractivity contribution in [1.82, 2.24) is 4.90 Å². The standard InChI is InChI=1S/C20H20FNO6S2/c1-26-10-12-18-13(21)5-3-6-14(18)30-19(12)20(25)28-8-4-7-22-15(23)11-29-16(22)9-17(24)27-2/h3,5-6,9H,4,7-8,10-11H2,1-2H3/b16-9-. The van der Waals surface area contributed by atoms with E-state index in [-0.39, 0.29) is 24.9 Å². The number of hydrogen-bond donors (Lipinski definition) is 0. The van der Waals surface area contributed by atoms with Crippen molar-refractivity contribution >= 4 is 51.0 Å². The van der Waals surface area contributed by atoms with Crippen LogP contribution in [0.3, 0.4) is 0 Å². The Labute approximate surface area is 180 Å². The van der Waals surface area contributed by atoms with Crippen molar-refractivity contribution in [3.05, 3.63) is 45.6 Å². The summed E-state index contributed by atoms with van der Waals surface area (Å²) >= 11 is 2.41. The fraction of sp³-hybridized carbons (Fsp3) is 0.350. The highest BCUT2D eigenvalue weighted by molar-refractivity contribution is 8.04. The van der Waals surface area contributed by atoms with Gasteiger partial charge < -0.3 is 19.1 Å². The lowest BCUT2D eigenvalue weighted by atomic mass is 10.1. The van der Waals surface area contributed by atoms with Gasteiger partial charge in [0, 0.05) is 29.3 Å². The zero-order chi connectivity index (χ0) is 21.7. The Kier molecular flexibility index (Phi) is 7.46. The zero-order valence-corrected chi connectivity index (χ0v) is 18.1. The lowest BCUT2D eigenvalue weighted by Gasteiger charge is -2.16. The van der Waals surface area contributed by atoms with Crippen molar-refractivity contribution in [1.29, 1.82) is 0 Å². The third-order valence-corrected chi connectivity index (χ3v) is 6.55. The largest absolute Gasteiger partial charge is 0.466 e. The molecule has 1 saturated heterocycles. The number of carbonyl (C=O) groups is 3. The van der Waals surface area contributed by atoms with E-state index < -0.39 is 17.8 Å². The number of rotatable bonds is 8. The Hall–Kier alpha value is -2.43. The van der Waals surface area contributed by atoms with Crippen LogP contribution in [0.25, 0.3) is 10.1 Å². The normalized spacial score (nSPS) is 15.2. The minimum absolute atomic E-state index is 0.0714. The fourth-order valence-electron chi connectivity index (χ4n) is 3.00. The van der Waals surface area contributed by atoms with E-state index in [1.165, 1.54) is 43.0 Å². The lowest BCUT2D eigenvalue weighted by Crippen LogP contribution is -2.27. The fourth-order valence-corrected chi connectivity index (χ4v) is 5.07. The number of halogens is 1. The molecule has 0 aliphatic carbocycles. The first kappa shape index (κ1) is 22.3. The average Bonchev–Trinajstić information content (AvgIpc) is 3.27. The summed E-state index contributed by atoms with van der Waals surface area (Å²) < 4.78 is 30.0. The molecule has 0 atom stereocenters. The van der Waals surface area contributed by atoms with Crippen molar-refractivity contribution in [3.8, 4) is 0 Å². The summed E-state index contributed by atoms with van der Waals surface area (Å²) in [6.07, 6.45) is 1.65. The number of amides is 1. The highest BCUT2D eigenvalue weighted by atomic mass is 32.2. The smallest absolute Gasteiger partial charge is 0.348 e. The molecule has 0 saturated carbocycles. The van der Waals surface area contributed by atoms with Gasteiger partial charge in [0.25, 0.3) is 0 Å². The first-order valence-corrected chi connectivity index (χ1v) is 10.8. The van der Waals surface area contributed by atoms with Crippen LogP contribution < -0.4 is 0 Å². The maximum atomic E-state index is 14.2. The van der Waals surface area contributed by atoms with Gasteiger partial charge in [-0.1, -0.05) is 17.8 Å². The van der Waals surface area contributed by atoms with Crippen molar-refractivity contribution in [3.63, 3.8) is 0 Å². The second-order valence-electron chi connectivity index (χ2n) is 6.28. The summed E-state index contributed by atoms with van der Waals surface area (Å²) in [6, 6.07) is 4.67. The Balaban J connectivity index is 1.63. The van der Waals surface area contributed by atoms with Crippen molar-refractivity contribution in [2.45, 2.75) is 13.0 Å². The summed E-state index contributed by atoms with van der Waals surface area (Å²) in [4.78, 5) is 37.8. The van der Waals surface area contributed by atoms with Gasteiger partial charge in [-0.2, -0.15) is 0 Å². The van der Waals surface area contributed by atoms with Crippen LogP contribution in [0.15, 0.2) is 29.3 Å². The number of fused-ring (bicyclic) bond motifs is 1. The maximum Gasteiger partial charge on any atom is 0.348 e. The van der Waals surface area contributed by atoms with Crippen LogP contribution in [-0.4, -0.2) is 55.9 Å². The number of thiophene rings is 1. The number of benzene rings is 1. The molecule has 1 amide bonds. The number of ether oxygens (including phenoxy) is 3. The molecule has 0 bridgehead atoms. The van der Waals surface area contributed by atoms with Gasteiger partial charge >= 0.3 is 11.9 Å². The molecule has 1 aliphatic rings. The number of hydrogen-bond acceptors (Lipinski definition) is 8. The molecule has 1 fully saturated rings. The number of methoxy groups -OCH3 is 2. The molecule has 0 spiro atoms. The Morgan fingerprint density at radius 3 is 2.83 bits per heavy atom. The summed E-state index contributed by atoms with van der Waals surface area (Å²) in [5.74, 6) is -1.38. The van der Waals surface area contributed by atoms with E-state index in [0.29, 0.717) is 38.5 Å². The molecule has 30 heavy (non-hydrogen) atoms. The van der Waals surface area contributed by atoms with Gasteiger partial charge in [-0.05, 0) is 18.6 Å². The Morgan fingerprint density at radius 1 is 1.30 bits per heavy atom. The van der Waals surface area contributed by atoms with Gasteiger partial charge in [-0.3, -0.25) is 4.79 Å². The summed E-state index contributed by atoms with van der Waals surface area (Å²) in [6.45, 7) is 0.461. The molecule has 1 aromatic carbocycles. The van der Waals surface area contributed by atoms with E-state index in [4.69, 9.17) is 9.47 Å². The molecule has 160 valence electrons. The van der Waals surface area contributed by atoms with E-state index in [0.717, 1.165) is 11.3 Å². The van der Waals surface area contributed by atoms with Crippen molar-refractivity contribution in [2.75, 3.05) is 33.1 Å². The molecule has 3 rings (SSSR count). The number of esters is 2. The predicted octanol–water partition coefficient (Wildman–Crippen LogP) is 3.32. The molecule has 0 radical (unpaired) electrons. The zero-order valence-electron chi connectivity index (χ0n) is 16.4. The van der Waals surface area contributed by atoms with Crippen LogP contribution in [0.1, 0.15) is 21.7 Å². The number of carbonyl (C=O) groups excluding carboxylic acids is 3. The van der Waals surface area contributed by atoms with E-state index >= 15 is 0 Å². The topological polar surface area (TPSA) is 82.1 Å². The van der Waals surface area contributed by atoms with E-state index in [1.807, 2.05) is 0 Å². The highest BCUT2D eigenvalue weighted by Crippen LogP contribution is 2.34. The maximum absolute atomic E-state index is 14.2. The quantitative estimate of drug-likeness (QED) is 0.344. The molecule has 0 unspecified atom stereocenters. The Bertz CT molecular complexity index is 1000. The molecule has 10 heteroatoms. The molecule has 2 heterocycles. The number of thioether (sulfide) groups is 1. The molecule has 1 aliphatic heterocycles. The third-order valence-electron chi connectivity index (χ3n) is 4.35. The van der Waals surface area contributed by atoms with Crippen molar-refractivity contribution < 1.29 is 33.0 Å². The molecule has 1 aromatic heterocycles. The van der Waals surface area contributed by atoms with Crippen LogP contribution >= 0.6 is 23.1 Å². The van der Waals surface area contributed by atoms with Gasteiger partial charge in [-0.15, -0.1) is 11.3 Å². The molecule has 0 N–H and O–H groups in total. The monoisotopic (exact) mass is 453 g/mol. The molecule has 2 aromatic rings. The predicted molar refractivity (Wildman–Crippen MR) is 112 cm³/mol. The van der Waals surface area contributed by atoms with Crippen LogP contribution in [0.4, 0.5) is 4.39 Å². The molecular weight excluding hydrogens is 433 g/mol. The summed E-state index contributed by atoms with van der Waals surface area (Å²) in [5, 5.41) is 0.883. The summed E-state index contributed by atoms with van der Waals surface area (Å²) in [5.41, 5.74) is 0.468. The Morgan fingerprint density at radius 2 is 2.10 bits per heavy atom. The van der Waals surface area contributed by atoms with E-state index in [9.17, 15) is 18.8 Å². The second kappa shape index (κ2) is 10.1. The minimum atomic E-state index is -0.560. The van der Waals surface area contributed by atoms with Gasteiger partial charge in [0.15, 0.2) is 0 Å². The second-order valence-corrected chi connectivity index (χ2v) is 8.33. The van der Waals surface area contributed by atoms with E-state index in [1.54, 1.807) is 12.1 Å². The molecular formula is C20H20FNO6S2.